The van der Waals surface area contributed by atoms with Crippen LogP contribution in [0.2, 0.25) is 0 Å². The zero-order chi connectivity index (χ0) is 15.0. The molecule has 21 heavy (non-hydrogen) atoms. The number of carbonyl (C=O) groups excluding carboxylic acids is 1. The van der Waals surface area contributed by atoms with Gasteiger partial charge in [0.15, 0.2) is 0 Å². The van der Waals surface area contributed by atoms with E-state index in [1.54, 1.807) is 0 Å². The molecule has 1 aromatic rings. The van der Waals surface area contributed by atoms with Crippen molar-refractivity contribution in [2.45, 2.75) is 45.1 Å². The van der Waals surface area contributed by atoms with Crippen LogP contribution in [0.25, 0.3) is 0 Å². The Morgan fingerprint density at radius 3 is 2.43 bits per heavy atom. The van der Waals surface area contributed by atoms with Crippen LogP contribution in [0, 0.1) is 5.41 Å². The Balaban J connectivity index is 0.00000220. The Labute approximate surface area is 141 Å². The highest BCUT2D eigenvalue weighted by Crippen LogP contribution is 2.49. The summed E-state index contributed by atoms with van der Waals surface area (Å²) in [5.41, 5.74) is 7.15. The van der Waals surface area contributed by atoms with E-state index >= 15 is 0 Å². The number of benzene rings is 1. The van der Waals surface area contributed by atoms with Crippen LogP contribution in [0.3, 0.4) is 0 Å². The second-order valence-corrected chi connectivity index (χ2v) is 7.68. The normalized spacial score (nSPS) is 17.6. The quantitative estimate of drug-likeness (QED) is 0.847. The first-order valence-corrected chi connectivity index (χ1v) is 7.84. The monoisotopic (exact) mass is 374 g/mol. The number of amides is 1. The molecule has 1 aliphatic rings. The fraction of sp³-hybridized carbons (Fsp3) is 0.562. The third-order valence-electron chi connectivity index (χ3n) is 4.12. The highest BCUT2D eigenvalue weighted by atomic mass is 79.9. The first-order chi connectivity index (χ1) is 9.26. The predicted molar refractivity (Wildman–Crippen MR) is 92.7 cm³/mol. The van der Waals surface area contributed by atoms with Crippen molar-refractivity contribution in [3.63, 3.8) is 0 Å². The van der Waals surface area contributed by atoms with Crippen molar-refractivity contribution in [2.24, 2.45) is 11.1 Å². The molecule has 0 spiro atoms. The van der Waals surface area contributed by atoms with Gasteiger partial charge in [-0.05, 0) is 29.9 Å². The lowest BCUT2D eigenvalue weighted by Gasteiger charge is -2.27. The lowest BCUT2D eigenvalue weighted by molar-refractivity contribution is -0.124. The summed E-state index contributed by atoms with van der Waals surface area (Å²) in [6, 6.07) is 7.77. The fourth-order valence-electron chi connectivity index (χ4n) is 2.34. The summed E-state index contributed by atoms with van der Waals surface area (Å²) >= 11 is 3.60. The Bertz CT molecular complexity index is 509. The summed E-state index contributed by atoms with van der Waals surface area (Å²) in [6.07, 6.45) is 2.22. The molecular weight excluding hydrogens is 352 g/mol. The van der Waals surface area contributed by atoms with E-state index in [1.807, 2.05) is 32.9 Å². The molecule has 0 aromatic heterocycles. The number of carbonyl (C=O) groups is 1. The van der Waals surface area contributed by atoms with Crippen molar-refractivity contribution in [1.29, 1.82) is 0 Å². The molecule has 1 amide bonds. The van der Waals surface area contributed by atoms with Gasteiger partial charge >= 0.3 is 0 Å². The average Bonchev–Trinajstić information content (AvgIpc) is 3.15. The van der Waals surface area contributed by atoms with Gasteiger partial charge in [-0.1, -0.05) is 54.9 Å². The van der Waals surface area contributed by atoms with Crippen LogP contribution in [-0.2, 0) is 10.2 Å². The van der Waals surface area contributed by atoms with Gasteiger partial charge in [0.1, 0.15) is 0 Å². The largest absolute Gasteiger partial charge is 0.354 e. The van der Waals surface area contributed by atoms with Crippen LogP contribution in [0.15, 0.2) is 28.7 Å². The minimum atomic E-state index is -0.475. The van der Waals surface area contributed by atoms with Crippen molar-refractivity contribution in [3.8, 4) is 0 Å². The zero-order valence-electron chi connectivity index (χ0n) is 12.8. The fourth-order valence-corrected chi connectivity index (χ4v) is 3.05. The molecule has 1 aliphatic carbocycles. The summed E-state index contributed by atoms with van der Waals surface area (Å²) in [4.78, 5) is 12.1. The molecule has 1 atom stereocenters. The van der Waals surface area contributed by atoms with Crippen LogP contribution in [-0.4, -0.2) is 18.5 Å². The SMILES string of the molecule is CC(C)(C)[C@H](N)C(=O)NCC1(c2ccccc2Br)CC1.Cl. The molecule has 1 saturated carbocycles. The molecule has 0 unspecified atom stereocenters. The molecule has 3 nitrogen and oxygen atoms in total. The summed E-state index contributed by atoms with van der Waals surface area (Å²) < 4.78 is 1.12. The van der Waals surface area contributed by atoms with Gasteiger partial charge in [0.05, 0.1) is 6.04 Å². The van der Waals surface area contributed by atoms with E-state index in [0.717, 1.165) is 17.3 Å². The lowest BCUT2D eigenvalue weighted by atomic mass is 9.86. The second-order valence-electron chi connectivity index (χ2n) is 6.82. The Hall–Kier alpha value is -0.580. The van der Waals surface area contributed by atoms with Crippen molar-refractivity contribution in [3.05, 3.63) is 34.3 Å². The smallest absolute Gasteiger partial charge is 0.237 e. The third-order valence-corrected chi connectivity index (χ3v) is 4.81. The first kappa shape index (κ1) is 18.5. The average molecular weight is 376 g/mol. The van der Waals surface area contributed by atoms with Gasteiger partial charge in [0, 0.05) is 16.4 Å². The van der Waals surface area contributed by atoms with E-state index in [1.165, 1.54) is 5.56 Å². The number of rotatable bonds is 4. The molecule has 3 N–H and O–H groups in total. The van der Waals surface area contributed by atoms with Crippen LogP contribution >= 0.6 is 28.3 Å². The van der Waals surface area contributed by atoms with Gasteiger partial charge in [-0.3, -0.25) is 4.79 Å². The summed E-state index contributed by atoms with van der Waals surface area (Å²) in [5.74, 6) is -0.0594. The Morgan fingerprint density at radius 2 is 1.95 bits per heavy atom. The summed E-state index contributed by atoms with van der Waals surface area (Å²) in [6.45, 7) is 6.62. The molecule has 0 bridgehead atoms. The lowest BCUT2D eigenvalue weighted by Crippen LogP contribution is -2.50. The molecule has 1 aromatic carbocycles. The van der Waals surface area contributed by atoms with Crippen molar-refractivity contribution in [2.75, 3.05) is 6.54 Å². The van der Waals surface area contributed by atoms with Gasteiger partial charge in [-0.25, -0.2) is 0 Å². The highest BCUT2D eigenvalue weighted by molar-refractivity contribution is 9.10. The topological polar surface area (TPSA) is 55.1 Å². The van der Waals surface area contributed by atoms with Gasteiger partial charge in [-0.2, -0.15) is 0 Å². The minimum Gasteiger partial charge on any atom is -0.354 e. The van der Waals surface area contributed by atoms with E-state index in [2.05, 4.69) is 33.4 Å². The van der Waals surface area contributed by atoms with E-state index in [9.17, 15) is 4.79 Å². The second kappa shape index (κ2) is 6.67. The molecule has 0 aliphatic heterocycles. The molecular formula is C16H24BrClN2O. The van der Waals surface area contributed by atoms with Crippen molar-refractivity contribution >= 4 is 34.2 Å². The number of hydrogen-bond donors (Lipinski definition) is 2. The maximum absolute atomic E-state index is 12.1. The molecule has 1 fully saturated rings. The van der Waals surface area contributed by atoms with Crippen LogP contribution < -0.4 is 11.1 Å². The van der Waals surface area contributed by atoms with Crippen molar-refractivity contribution in [1.82, 2.24) is 5.32 Å². The number of nitrogens with two attached hydrogens (primary N) is 1. The van der Waals surface area contributed by atoms with Gasteiger partial charge < -0.3 is 11.1 Å². The van der Waals surface area contributed by atoms with E-state index in [0.29, 0.717) is 6.54 Å². The maximum atomic E-state index is 12.1. The van der Waals surface area contributed by atoms with E-state index < -0.39 is 6.04 Å². The predicted octanol–water partition coefficient (Wildman–Crippen LogP) is 3.39. The van der Waals surface area contributed by atoms with Gasteiger partial charge in [0.25, 0.3) is 0 Å². The molecule has 0 radical (unpaired) electrons. The third kappa shape index (κ3) is 4.21. The van der Waals surface area contributed by atoms with E-state index in [-0.39, 0.29) is 29.1 Å². The van der Waals surface area contributed by atoms with Crippen LogP contribution in [0.4, 0.5) is 0 Å². The Morgan fingerprint density at radius 1 is 1.38 bits per heavy atom. The molecule has 2 rings (SSSR count). The Kier molecular flexibility index (Phi) is 5.87. The molecule has 0 heterocycles. The molecule has 118 valence electrons. The van der Waals surface area contributed by atoms with Crippen molar-refractivity contribution < 1.29 is 4.79 Å². The van der Waals surface area contributed by atoms with Gasteiger partial charge in [-0.15, -0.1) is 12.4 Å². The van der Waals surface area contributed by atoms with Crippen LogP contribution in [0.1, 0.15) is 39.2 Å². The standard InChI is InChI=1S/C16H23BrN2O.ClH/c1-15(2,3)13(18)14(20)19-10-16(8-9-16)11-6-4-5-7-12(11)17;/h4-7,13H,8-10,18H2,1-3H3,(H,19,20);1H/t13-;/m1./s1. The van der Waals surface area contributed by atoms with Gasteiger partial charge in [0.2, 0.25) is 5.91 Å². The highest BCUT2D eigenvalue weighted by Gasteiger charge is 2.45. The minimum absolute atomic E-state index is 0. The summed E-state index contributed by atoms with van der Waals surface area (Å²) in [7, 11) is 0. The maximum Gasteiger partial charge on any atom is 0.237 e. The molecule has 0 saturated heterocycles. The van der Waals surface area contributed by atoms with E-state index in [4.69, 9.17) is 5.73 Å². The van der Waals surface area contributed by atoms with Crippen LogP contribution in [0.5, 0.6) is 0 Å². The number of hydrogen-bond acceptors (Lipinski definition) is 2. The zero-order valence-corrected chi connectivity index (χ0v) is 15.2. The first-order valence-electron chi connectivity index (χ1n) is 7.05. The molecule has 5 heteroatoms. The summed E-state index contributed by atoms with van der Waals surface area (Å²) in [5, 5.41) is 3.03. The number of halogens is 2. The number of nitrogens with one attached hydrogen (secondary N) is 1.